The molecule has 2 amide bonds. The van der Waals surface area contributed by atoms with Crippen molar-refractivity contribution in [1.82, 2.24) is 5.32 Å². The van der Waals surface area contributed by atoms with Crippen LogP contribution in [0.2, 0.25) is 0 Å². The van der Waals surface area contributed by atoms with Crippen molar-refractivity contribution in [3.63, 3.8) is 0 Å². The standard InChI is InChI=1S/C28H30N4O7S/c1-16(2)24(15-39-40(3,37)38)32-26(33)18-10-13-21(23(14-18)28(35)36)20-6-4-5-7-22(20)27(34)31-19-11-8-17(9-12-19)25(29)30/h4-14,16,24H,15H2,1-3H3,(H3,29,30)(H,31,34)(H,32,33)(H,35,36)/t24-/m0/s1. The molecule has 0 saturated carbocycles. The van der Waals surface area contributed by atoms with E-state index in [9.17, 15) is 27.9 Å². The van der Waals surface area contributed by atoms with Crippen LogP contribution in [0.5, 0.6) is 0 Å². The van der Waals surface area contributed by atoms with Gasteiger partial charge in [0, 0.05) is 22.4 Å². The average Bonchev–Trinajstić information content (AvgIpc) is 2.90. The minimum atomic E-state index is -3.72. The van der Waals surface area contributed by atoms with Crippen LogP contribution in [0.15, 0.2) is 66.7 Å². The summed E-state index contributed by atoms with van der Waals surface area (Å²) in [5, 5.41) is 22.9. The number of carboxylic acid groups (broad SMARTS) is 1. The Kier molecular flexibility index (Phi) is 9.40. The molecule has 210 valence electrons. The van der Waals surface area contributed by atoms with Crippen LogP contribution >= 0.6 is 0 Å². The molecule has 0 saturated heterocycles. The largest absolute Gasteiger partial charge is 0.478 e. The number of rotatable bonds is 11. The van der Waals surface area contributed by atoms with E-state index in [2.05, 4.69) is 10.6 Å². The summed E-state index contributed by atoms with van der Waals surface area (Å²) in [6.07, 6.45) is 0.909. The van der Waals surface area contributed by atoms with E-state index in [0.29, 0.717) is 16.8 Å². The molecule has 0 aliphatic carbocycles. The van der Waals surface area contributed by atoms with E-state index in [1.807, 2.05) is 0 Å². The molecule has 0 aliphatic heterocycles. The van der Waals surface area contributed by atoms with Crippen molar-refractivity contribution in [3.05, 3.63) is 89.0 Å². The number of anilines is 1. The molecule has 0 bridgehead atoms. The summed E-state index contributed by atoms with van der Waals surface area (Å²) < 4.78 is 27.6. The van der Waals surface area contributed by atoms with Gasteiger partial charge in [-0.15, -0.1) is 0 Å². The molecular weight excluding hydrogens is 536 g/mol. The zero-order chi connectivity index (χ0) is 29.6. The van der Waals surface area contributed by atoms with Crippen molar-refractivity contribution in [2.24, 2.45) is 11.7 Å². The molecule has 0 heterocycles. The van der Waals surface area contributed by atoms with Gasteiger partial charge in [0.1, 0.15) is 5.84 Å². The van der Waals surface area contributed by atoms with Crippen LogP contribution in [-0.2, 0) is 14.3 Å². The number of nitrogens with one attached hydrogen (secondary N) is 3. The molecule has 3 rings (SSSR count). The lowest BCUT2D eigenvalue weighted by Crippen LogP contribution is -2.42. The maximum absolute atomic E-state index is 13.2. The van der Waals surface area contributed by atoms with Gasteiger partial charge in [0.15, 0.2) is 0 Å². The number of hydrogen-bond donors (Lipinski definition) is 5. The summed E-state index contributed by atoms with van der Waals surface area (Å²) in [4.78, 5) is 38.3. The van der Waals surface area contributed by atoms with E-state index < -0.39 is 33.9 Å². The number of amides is 2. The third-order valence-electron chi connectivity index (χ3n) is 6.01. The summed E-state index contributed by atoms with van der Waals surface area (Å²) in [6, 6.07) is 16.3. The van der Waals surface area contributed by atoms with Crippen molar-refractivity contribution in [2.75, 3.05) is 18.2 Å². The number of carbonyl (C=O) groups excluding carboxylic acids is 2. The fourth-order valence-corrected chi connectivity index (χ4v) is 4.19. The Morgan fingerprint density at radius 1 is 0.925 bits per heavy atom. The van der Waals surface area contributed by atoms with Gasteiger partial charge in [0.05, 0.1) is 24.5 Å². The molecule has 3 aromatic rings. The quantitative estimate of drug-likeness (QED) is 0.133. The van der Waals surface area contributed by atoms with Crippen LogP contribution in [0.1, 0.15) is 50.5 Å². The zero-order valence-electron chi connectivity index (χ0n) is 22.1. The first-order chi connectivity index (χ1) is 18.8. The average molecular weight is 567 g/mol. The van der Waals surface area contributed by atoms with Crippen molar-refractivity contribution >= 4 is 39.4 Å². The monoisotopic (exact) mass is 566 g/mol. The Morgan fingerprint density at radius 2 is 1.52 bits per heavy atom. The highest BCUT2D eigenvalue weighted by molar-refractivity contribution is 7.85. The fourth-order valence-electron chi connectivity index (χ4n) is 3.79. The van der Waals surface area contributed by atoms with Crippen molar-refractivity contribution in [2.45, 2.75) is 19.9 Å². The number of amidine groups is 1. The highest BCUT2D eigenvalue weighted by Gasteiger charge is 2.23. The third-order valence-corrected chi connectivity index (χ3v) is 6.57. The van der Waals surface area contributed by atoms with Gasteiger partial charge in [-0.05, 0) is 59.5 Å². The lowest BCUT2D eigenvalue weighted by atomic mass is 9.93. The molecule has 0 spiro atoms. The molecule has 0 unspecified atom stereocenters. The van der Waals surface area contributed by atoms with Crippen molar-refractivity contribution < 1.29 is 32.1 Å². The first-order valence-corrected chi connectivity index (χ1v) is 14.0. The number of nitrogen functional groups attached to an aromatic ring is 1. The Morgan fingerprint density at radius 3 is 2.10 bits per heavy atom. The Balaban J connectivity index is 1.91. The SMILES string of the molecule is CC(C)[C@H](COS(C)(=O)=O)NC(=O)c1ccc(-c2ccccc2C(=O)Nc2ccc(C(=N)N)cc2)c(C(=O)O)c1. The summed E-state index contributed by atoms with van der Waals surface area (Å²) in [5.41, 5.74) is 7.03. The number of hydrogen-bond acceptors (Lipinski definition) is 7. The second kappa shape index (κ2) is 12.5. The summed E-state index contributed by atoms with van der Waals surface area (Å²) in [5.74, 6) is -2.68. The highest BCUT2D eigenvalue weighted by Crippen LogP contribution is 2.29. The van der Waals surface area contributed by atoms with Gasteiger partial charge < -0.3 is 21.5 Å². The van der Waals surface area contributed by atoms with E-state index >= 15 is 0 Å². The van der Waals surface area contributed by atoms with Crippen molar-refractivity contribution in [3.8, 4) is 11.1 Å². The fraction of sp³-hybridized carbons (Fsp3) is 0.214. The molecular formula is C28H30N4O7S. The van der Waals surface area contributed by atoms with Crippen LogP contribution in [-0.4, -0.2) is 56.0 Å². The molecule has 0 aliphatic rings. The predicted octanol–water partition coefficient (Wildman–Crippen LogP) is 3.32. The smallest absolute Gasteiger partial charge is 0.336 e. The second-order valence-electron chi connectivity index (χ2n) is 9.37. The lowest BCUT2D eigenvalue weighted by Gasteiger charge is -2.22. The normalized spacial score (nSPS) is 12.0. The summed E-state index contributed by atoms with van der Waals surface area (Å²) >= 11 is 0. The minimum absolute atomic E-state index is 0.0404. The molecule has 40 heavy (non-hydrogen) atoms. The summed E-state index contributed by atoms with van der Waals surface area (Å²) in [6.45, 7) is 3.29. The molecule has 11 nitrogen and oxygen atoms in total. The molecule has 0 fully saturated rings. The highest BCUT2D eigenvalue weighted by atomic mass is 32.2. The number of carbonyl (C=O) groups is 3. The maximum atomic E-state index is 13.2. The van der Waals surface area contributed by atoms with Crippen molar-refractivity contribution in [1.29, 1.82) is 5.41 Å². The Hall–Kier alpha value is -4.55. The number of benzene rings is 3. The van der Waals surface area contributed by atoms with Gasteiger partial charge in [-0.1, -0.05) is 38.1 Å². The molecule has 12 heteroatoms. The van der Waals surface area contributed by atoms with Crippen LogP contribution < -0.4 is 16.4 Å². The first kappa shape index (κ1) is 30.0. The number of aromatic carboxylic acids is 1. The van der Waals surface area contributed by atoms with Crippen LogP contribution in [0, 0.1) is 11.3 Å². The van der Waals surface area contributed by atoms with E-state index in [0.717, 1.165) is 6.26 Å². The topological polar surface area (TPSA) is 189 Å². The lowest BCUT2D eigenvalue weighted by molar-refractivity contribution is 0.0697. The van der Waals surface area contributed by atoms with Gasteiger partial charge in [0.25, 0.3) is 21.9 Å². The summed E-state index contributed by atoms with van der Waals surface area (Å²) in [7, 11) is -3.72. The number of carboxylic acids is 1. The first-order valence-electron chi connectivity index (χ1n) is 12.1. The minimum Gasteiger partial charge on any atom is -0.478 e. The van der Waals surface area contributed by atoms with E-state index in [-0.39, 0.29) is 40.6 Å². The van der Waals surface area contributed by atoms with Gasteiger partial charge >= 0.3 is 5.97 Å². The zero-order valence-corrected chi connectivity index (χ0v) is 22.9. The number of nitrogens with two attached hydrogens (primary N) is 1. The predicted molar refractivity (Wildman–Crippen MR) is 151 cm³/mol. The molecule has 6 N–H and O–H groups in total. The Labute approximate surface area is 232 Å². The van der Waals surface area contributed by atoms with Gasteiger partial charge in [-0.2, -0.15) is 8.42 Å². The van der Waals surface area contributed by atoms with Gasteiger partial charge in [-0.25, -0.2) is 4.79 Å². The molecule has 3 aromatic carbocycles. The second-order valence-corrected chi connectivity index (χ2v) is 11.0. The van der Waals surface area contributed by atoms with E-state index in [4.69, 9.17) is 15.3 Å². The molecule has 0 radical (unpaired) electrons. The van der Waals surface area contributed by atoms with Gasteiger partial charge in [-0.3, -0.25) is 19.2 Å². The molecule has 1 atom stereocenters. The third kappa shape index (κ3) is 7.74. The van der Waals surface area contributed by atoms with Crippen LogP contribution in [0.25, 0.3) is 11.1 Å². The van der Waals surface area contributed by atoms with E-state index in [1.165, 1.54) is 18.2 Å². The van der Waals surface area contributed by atoms with Crippen LogP contribution in [0.3, 0.4) is 0 Å². The van der Waals surface area contributed by atoms with Crippen LogP contribution in [0.4, 0.5) is 5.69 Å². The maximum Gasteiger partial charge on any atom is 0.336 e. The molecule has 0 aromatic heterocycles. The van der Waals surface area contributed by atoms with Gasteiger partial charge in [0.2, 0.25) is 0 Å². The Bertz CT molecular complexity index is 1550. The van der Waals surface area contributed by atoms with E-state index in [1.54, 1.807) is 62.4 Å².